The van der Waals surface area contributed by atoms with Crippen LogP contribution in [0.1, 0.15) is 18.5 Å². The number of rotatable bonds is 4. The lowest BCUT2D eigenvalue weighted by Crippen LogP contribution is -2.49. The number of pyridine rings is 1. The highest BCUT2D eigenvalue weighted by Crippen LogP contribution is 2.24. The molecule has 7 heteroatoms. The molecule has 0 N–H and O–H groups in total. The normalized spacial score (nSPS) is 18.4. The Hall–Kier alpha value is -1.83. The zero-order valence-electron chi connectivity index (χ0n) is 13.5. The molecule has 3 rings (SSSR count). The Morgan fingerprint density at radius 1 is 1.08 bits per heavy atom. The van der Waals surface area contributed by atoms with Crippen molar-refractivity contribution in [3.8, 4) is 0 Å². The molecule has 0 spiro atoms. The summed E-state index contributed by atoms with van der Waals surface area (Å²) in [5.74, 6) is -0.252. The van der Waals surface area contributed by atoms with Gasteiger partial charge in [-0.25, -0.2) is 12.8 Å². The topological polar surface area (TPSA) is 53.5 Å². The van der Waals surface area contributed by atoms with Gasteiger partial charge in [-0.2, -0.15) is 4.31 Å². The number of sulfonamides is 1. The summed E-state index contributed by atoms with van der Waals surface area (Å²) in [7, 11) is -3.49. The minimum Gasteiger partial charge on any atom is -0.294 e. The number of aromatic nitrogens is 1. The maximum absolute atomic E-state index is 13.0. The van der Waals surface area contributed by atoms with E-state index < -0.39 is 10.0 Å². The van der Waals surface area contributed by atoms with Crippen LogP contribution >= 0.6 is 0 Å². The summed E-state index contributed by atoms with van der Waals surface area (Å²) in [5.41, 5.74) is 1.03. The average Bonchev–Trinajstić information content (AvgIpc) is 2.62. The predicted octanol–water partition coefficient (Wildman–Crippen LogP) is 2.29. The molecule has 1 aliphatic rings. The first kappa shape index (κ1) is 17.0. The highest BCUT2D eigenvalue weighted by molar-refractivity contribution is 7.89. The average molecular weight is 349 g/mol. The van der Waals surface area contributed by atoms with Gasteiger partial charge in [0.25, 0.3) is 0 Å². The van der Waals surface area contributed by atoms with E-state index >= 15 is 0 Å². The Morgan fingerprint density at radius 3 is 2.33 bits per heavy atom. The van der Waals surface area contributed by atoms with E-state index in [2.05, 4.69) is 16.8 Å². The van der Waals surface area contributed by atoms with E-state index in [1.807, 2.05) is 0 Å². The van der Waals surface area contributed by atoms with Crippen molar-refractivity contribution in [3.05, 3.63) is 60.2 Å². The van der Waals surface area contributed by atoms with Crippen LogP contribution < -0.4 is 0 Å². The van der Waals surface area contributed by atoms with Gasteiger partial charge in [-0.15, -0.1) is 0 Å². The second kappa shape index (κ2) is 6.96. The van der Waals surface area contributed by atoms with Crippen molar-refractivity contribution >= 4 is 10.0 Å². The van der Waals surface area contributed by atoms with Gasteiger partial charge >= 0.3 is 0 Å². The quantitative estimate of drug-likeness (QED) is 0.850. The molecule has 128 valence electrons. The molecule has 1 saturated heterocycles. The van der Waals surface area contributed by atoms with Gasteiger partial charge in [0.15, 0.2) is 0 Å². The summed E-state index contributed by atoms with van der Waals surface area (Å²) in [4.78, 5) is 6.33. The predicted molar refractivity (Wildman–Crippen MR) is 89.4 cm³/mol. The molecule has 2 aromatic rings. The Kier molecular flexibility index (Phi) is 4.93. The van der Waals surface area contributed by atoms with Crippen molar-refractivity contribution in [2.45, 2.75) is 17.9 Å². The molecular formula is C17H20FN3O2S. The smallest absolute Gasteiger partial charge is 0.244 e. The Labute approximate surface area is 141 Å². The van der Waals surface area contributed by atoms with Crippen LogP contribution in [0.5, 0.6) is 0 Å². The molecule has 0 aliphatic carbocycles. The van der Waals surface area contributed by atoms with E-state index in [-0.39, 0.29) is 16.8 Å². The van der Waals surface area contributed by atoms with Crippen LogP contribution in [0, 0.1) is 5.82 Å². The molecule has 0 bridgehead atoms. The molecule has 1 aromatic carbocycles. The molecule has 1 atom stereocenters. The fourth-order valence-electron chi connectivity index (χ4n) is 2.93. The van der Waals surface area contributed by atoms with Crippen LogP contribution in [0.2, 0.25) is 0 Å². The third kappa shape index (κ3) is 3.48. The molecule has 0 radical (unpaired) electrons. The number of piperazine rings is 1. The minimum atomic E-state index is -3.49. The number of benzene rings is 1. The lowest BCUT2D eigenvalue weighted by molar-refractivity contribution is 0.146. The minimum absolute atomic E-state index is 0.119. The van der Waals surface area contributed by atoms with Gasteiger partial charge in [0, 0.05) is 44.6 Å². The first-order valence-corrected chi connectivity index (χ1v) is 9.32. The van der Waals surface area contributed by atoms with Crippen molar-refractivity contribution in [1.29, 1.82) is 0 Å². The third-order valence-corrected chi connectivity index (χ3v) is 6.33. The van der Waals surface area contributed by atoms with Crippen molar-refractivity contribution in [2.75, 3.05) is 26.2 Å². The first-order chi connectivity index (χ1) is 11.5. The zero-order valence-corrected chi connectivity index (χ0v) is 14.3. The summed E-state index contributed by atoms with van der Waals surface area (Å²) in [5, 5.41) is 0. The van der Waals surface area contributed by atoms with Crippen LogP contribution in [-0.2, 0) is 10.0 Å². The van der Waals surface area contributed by atoms with E-state index in [4.69, 9.17) is 0 Å². The van der Waals surface area contributed by atoms with E-state index in [1.54, 1.807) is 30.5 Å². The fraction of sp³-hybridized carbons (Fsp3) is 0.353. The summed E-state index contributed by atoms with van der Waals surface area (Å²) >= 11 is 0. The van der Waals surface area contributed by atoms with Gasteiger partial charge in [0.1, 0.15) is 10.7 Å². The molecule has 0 unspecified atom stereocenters. The highest BCUT2D eigenvalue weighted by atomic mass is 32.2. The van der Waals surface area contributed by atoms with Crippen molar-refractivity contribution in [1.82, 2.24) is 14.2 Å². The number of hydrogen-bond donors (Lipinski definition) is 0. The van der Waals surface area contributed by atoms with Crippen LogP contribution in [-0.4, -0.2) is 48.8 Å². The number of hydrogen-bond acceptors (Lipinski definition) is 4. The molecule has 1 fully saturated rings. The number of nitrogens with zero attached hydrogens (tertiary/aromatic N) is 3. The standard InChI is InChI=1S/C17H20FN3O2S/c1-14(15-4-6-16(18)7-5-15)20-9-11-21(12-10-20)24(22,23)17-3-2-8-19-13-17/h2-8,13-14H,9-12H2,1H3/t14-/m0/s1. The van der Waals surface area contributed by atoms with Crippen molar-refractivity contribution in [3.63, 3.8) is 0 Å². The van der Waals surface area contributed by atoms with E-state index in [9.17, 15) is 12.8 Å². The van der Waals surface area contributed by atoms with Gasteiger partial charge in [0.05, 0.1) is 0 Å². The maximum atomic E-state index is 13.0. The lowest BCUT2D eigenvalue weighted by Gasteiger charge is -2.37. The largest absolute Gasteiger partial charge is 0.294 e. The van der Waals surface area contributed by atoms with E-state index in [0.29, 0.717) is 26.2 Å². The Morgan fingerprint density at radius 2 is 1.75 bits per heavy atom. The second-order valence-electron chi connectivity index (χ2n) is 5.86. The summed E-state index contributed by atoms with van der Waals surface area (Å²) in [6.45, 7) is 4.19. The van der Waals surface area contributed by atoms with Gasteiger partial charge in [0.2, 0.25) is 10.0 Å². The van der Waals surface area contributed by atoms with E-state index in [1.165, 1.54) is 22.6 Å². The molecule has 0 amide bonds. The lowest BCUT2D eigenvalue weighted by atomic mass is 10.1. The Bertz CT molecular complexity index is 773. The zero-order chi connectivity index (χ0) is 17.2. The second-order valence-corrected chi connectivity index (χ2v) is 7.79. The maximum Gasteiger partial charge on any atom is 0.244 e. The first-order valence-electron chi connectivity index (χ1n) is 7.88. The van der Waals surface area contributed by atoms with Crippen LogP contribution in [0.4, 0.5) is 4.39 Å². The monoisotopic (exact) mass is 349 g/mol. The Balaban J connectivity index is 1.66. The number of halogens is 1. The van der Waals surface area contributed by atoms with Gasteiger partial charge in [-0.3, -0.25) is 9.88 Å². The molecule has 1 aromatic heterocycles. The highest BCUT2D eigenvalue weighted by Gasteiger charge is 2.30. The van der Waals surface area contributed by atoms with Gasteiger partial charge < -0.3 is 0 Å². The third-order valence-electron chi connectivity index (χ3n) is 4.45. The summed E-state index contributed by atoms with van der Waals surface area (Å²) in [6, 6.07) is 9.77. The molecule has 0 saturated carbocycles. The fourth-order valence-corrected chi connectivity index (χ4v) is 4.32. The van der Waals surface area contributed by atoms with E-state index in [0.717, 1.165) is 5.56 Å². The van der Waals surface area contributed by atoms with Crippen LogP contribution in [0.25, 0.3) is 0 Å². The molecular weight excluding hydrogens is 329 g/mol. The van der Waals surface area contributed by atoms with Crippen LogP contribution in [0.15, 0.2) is 53.7 Å². The van der Waals surface area contributed by atoms with Crippen LogP contribution in [0.3, 0.4) is 0 Å². The SMILES string of the molecule is C[C@@H](c1ccc(F)cc1)N1CCN(S(=O)(=O)c2cccnc2)CC1. The molecule has 5 nitrogen and oxygen atoms in total. The van der Waals surface area contributed by atoms with Crippen molar-refractivity contribution < 1.29 is 12.8 Å². The summed E-state index contributed by atoms with van der Waals surface area (Å²) < 4.78 is 39.7. The molecule has 1 aliphatic heterocycles. The summed E-state index contributed by atoms with van der Waals surface area (Å²) in [6.07, 6.45) is 2.93. The van der Waals surface area contributed by atoms with Gasteiger partial charge in [-0.1, -0.05) is 12.1 Å². The molecule has 24 heavy (non-hydrogen) atoms. The van der Waals surface area contributed by atoms with Gasteiger partial charge in [-0.05, 0) is 36.8 Å². The van der Waals surface area contributed by atoms with Crippen molar-refractivity contribution in [2.24, 2.45) is 0 Å². The molecule has 2 heterocycles.